The minimum atomic E-state index is -0.229. The highest BCUT2D eigenvalue weighted by Gasteiger charge is 2.42. The van der Waals surface area contributed by atoms with E-state index in [-0.39, 0.29) is 5.82 Å². The third kappa shape index (κ3) is 3.23. The van der Waals surface area contributed by atoms with Crippen molar-refractivity contribution in [2.24, 2.45) is 5.41 Å². The van der Waals surface area contributed by atoms with E-state index in [1.54, 1.807) is 12.1 Å². The van der Waals surface area contributed by atoms with Crippen LogP contribution in [0.15, 0.2) is 48.9 Å². The molecule has 0 radical (unpaired) electrons. The lowest BCUT2D eigenvalue weighted by Crippen LogP contribution is -2.27. The summed E-state index contributed by atoms with van der Waals surface area (Å²) >= 11 is 0. The molecule has 2 aromatic heterocycles. The van der Waals surface area contributed by atoms with Crippen LogP contribution in [0.3, 0.4) is 0 Å². The number of nitrogens with one attached hydrogen (secondary N) is 2. The summed E-state index contributed by atoms with van der Waals surface area (Å²) in [7, 11) is 0. The van der Waals surface area contributed by atoms with Crippen LogP contribution < -0.4 is 5.32 Å². The van der Waals surface area contributed by atoms with E-state index in [0.29, 0.717) is 5.41 Å². The maximum atomic E-state index is 13.1. The van der Waals surface area contributed by atoms with Gasteiger partial charge in [-0.05, 0) is 43.2 Å². The van der Waals surface area contributed by atoms with E-state index in [1.165, 1.54) is 25.0 Å². The second-order valence-corrected chi connectivity index (χ2v) is 6.58. The Labute approximate surface area is 139 Å². The van der Waals surface area contributed by atoms with Crippen LogP contribution in [0, 0.1) is 11.2 Å². The van der Waals surface area contributed by atoms with Gasteiger partial charge in [-0.3, -0.25) is 9.78 Å². The van der Waals surface area contributed by atoms with Crippen LogP contribution in [-0.4, -0.2) is 26.5 Å². The van der Waals surface area contributed by atoms with E-state index < -0.39 is 0 Å². The molecule has 6 heteroatoms. The van der Waals surface area contributed by atoms with Gasteiger partial charge in [0.1, 0.15) is 5.82 Å². The first-order valence-electron chi connectivity index (χ1n) is 8.20. The molecule has 1 fully saturated rings. The molecule has 0 unspecified atom stereocenters. The van der Waals surface area contributed by atoms with Gasteiger partial charge in [0.2, 0.25) is 0 Å². The minimum Gasteiger partial charge on any atom is -0.312 e. The Morgan fingerprint density at radius 3 is 2.79 bits per heavy atom. The monoisotopic (exact) mass is 325 g/mol. The molecular weight excluding hydrogens is 305 g/mol. The first-order valence-corrected chi connectivity index (χ1v) is 8.20. The molecule has 2 N–H and O–H groups in total. The Bertz CT molecular complexity index is 787. The highest BCUT2D eigenvalue weighted by Crippen LogP contribution is 2.46. The third-order valence-electron chi connectivity index (χ3n) is 4.68. The van der Waals surface area contributed by atoms with Crippen LogP contribution in [-0.2, 0) is 13.1 Å². The molecule has 24 heavy (non-hydrogen) atoms. The molecule has 1 aromatic carbocycles. The van der Waals surface area contributed by atoms with Crippen molar-refractivity contribution in [1.29, 1.82) is 0 Å². The highest BCUT2D eigenvalue weighted by molar-refractivity contribution is 5.62. The van der Waals surface area contributed by atoms with Crippen molar-refractivity contribution in [1.82, 2.24) is 25.3 Å². The molecule has 4 rings (SSSR count). The predicted octanol–water partition coefficient (Wildman–Crippen LogP) is 2.98. The Morgan fingerprint density at radius 1 is 1.25 bits per heavy atom. The summed E-state index contributed by atoms with van der Waals surface area (Å²) in [5.74, 6) is -0.229. The summed E-state index contributed by atoms with van der Waals surface area (Å²) in [5.41, 5.74) is 3.31. The van der Waals surface area contributed by atoms with Crippen LogP contribution in [0.1, 0.15) is 18.4 Å². The van der Waals surface area contributed by atoms with Gasteiger partial charge in [0, 0.05) is 48.6 Å². The van der Waals surface area contributed by atoms with E-state index in [4.69, 9.17) is 0 Å². The number of aromatic nitrogens is 4. The fourth-order valence-electron chi connectivity index (χ4n) is 3.08. The van der Waals surface area contributed by atoms with Gasteiger partial charge in [0.05, 0.1) is 11.9 Å². The third-order valence-corrected chi connectivity index (χ3v) is 4.68. The second kappa shape index (κ2) is 6.20. The SMILES string of the molecule is Fc1ccc(-c2[nH]ncc2CNCC2(Cn3cccn3)CC2)cc1. The molecular formula is C18H20FN5. The Kier molecular flexibility index (Phi) is 3.90. The molecule has 1 aliphatic carbocycles. The maximum Gasteiger partial charge on any atom is 0.123 e. The molecule has 3 aromatic rings. The van der Waals surface area contributed by atoms with Crippen LogP contribution in [0.25, 0.3) is 11.3 Å². The summed E-state index contributed by atoms with van der Waals surface area (Å²) in [5, 5.41) is 15.0. The van der Waals surface area contributed by atoms with Gasteiger partial charge in [-0.15, -0.1) is 0 Å². The smallest absolute Gasteiger partial charge is 0.123 e. The van der Waals surface area contributed by atoms with E-state index >= 15 is 0 Å². The summed E-state index contributed by atoms with van der Waals surface area (Å²) < 4.78 is 15.1. The van der Waals surface area contributed by atoms with E-state index in [9.17, 15) is 4.39 Å². The quantitative estimate of drug-likeness (QED) is 0.702. The van der Waals surface area contributed by atoms with Gasteiger partial charge >= 0.3 is 0 Å². The largest absolute Gasteiger partial charge is 0.312 e. The number of hydrogen-bond donors (Lipinski definition) is 2. The number of hydrogen-bond acceptors (Lipinski definition) is 3. The lowest BCUT2D eigenvalue weighted by Gasteiger charge is -2.16. The van der Waals surface area contributed by atoms with Crippen LogP contribution in [0.4, 0.5) is 4.39 Å². The van der Waals surface area contributed by atoms with Gasteiger partial charge in [0.15, 0.2) is 0 Å². The van der Waals surface area contributed by atoms with Gasteiger partial charge < -0.3 is 5.32 Å². The lowest BCUT2D eigenvalue weighted by molar-refractivity contribution is 0.373. The number of halogens is 1. The topological polar surface area (TPSA) is 58.5 Å². The summed E-state index contributed by atoms with van der Waals surface area (Å²) in [6.07, 6.45) is 8.14. The summed E-state index contributed by atoms with van der Waals surface area (Å²) in [6.45, 7) is 2.66. The van der Waals surface area contributed by atoms with Crippen molar-refractivity contribution in [3.05, 3.63) is 60.3 Å². The molecule has 1 aliphatic rings. The first kappa shape index (κ1) is 15.1. The molecule has 0 saturated heterocycles. The van der Waals surface area contributed by atoms with Crippen LogP contribution >= 0.6 is 0 Å². The Balaban J connectivity index is 1.37. The molecule has 2 heterocycles. The molecule has 0 amide bonds. The zero-order valence-electron chi connectivity index (χ0n) is 13.4. The molecule has 5 nitrogen and oxygen atoms in total. The molecule has 0 bridgehead atoms. The van der Waals surface area contributed by atoms with Gasteiger partial charge in [-0.2, -0.15) is 10.2 Å². The van der Waals surface area contributed by atoms with Crippen molar-refractivity contribution in [3.63, 3.8) is 0 Å². The van der Waals surface area contributed by atoms with Crippen molar-refractivity contribution in [3.8, 4) is 11.3 Å². The van der Waals surface area contributed by atoms with Gasteiger partial charge in [-0.1, -0.05) is 0 Å². The van der Waals surface area contributed by atoms with E-state index in [0.717, 1.165) is 36.5 Å². The zero-order chi connectivity index (χ0) is 16.4. The number of aromatic amines is 1. The predicted molar refractivity (Wildman–Crippen MR) is 89.6 cm³/mol. The number of benzene rings is 1. The van der Waals surface area contributed by atoms with E-state index in [1.807, 2.05) is 29.3 Å². The van der Waals surface area contributed by atoms with Crippen molar-refractivity contribution in [2.45, 2.75) is 25.9 Å². The molecule has 1 saturated carbocycles. The average Bonchev–Trinajstić information content (AvgIpc) is 2.99. The molecule has 0 aliphatic heterocycles. The lowest BCUT2D eigenvalue weighted by atomic mass is 10.1. The van der Waals surface area contributed by atoms with Gasteiger partial charge in [0.25, 0.3) is 0 Å². The number of rotatable bonds is 7. The van der Waals surface area contributed by atoms with Crippen molar-refractivity contribution < 1.29 is 4.39 Å². The molecule has 124 valence electrons. The molecule has 0 atom stereocenters. The van der Waals surface area contributed by atoms with Crippen molar-refractivity contribution in [2.75, 3.05) is 6.54 Å². The normalized spacial score (nSPS) is 15.5. The average molecular weight is 325 g/mol. The van der Waals surface area contributed by atoms with E-state index in [2.05, 4.69) is 20.6 Å². The minimum absolute atomic E-state index is 0.229. The zero-order valence-corrected chi connectivity index (χ0v) is 13.4. The number of H-pyrrole nitrogens is 1. The summed E-state index contributed by atoms with van der Waals surface area (Å²) in [6, 6.07) is 8.44. The fourth-order valence-corrected chi connectivity index (χ4v) is 3.08. The molecule has 0 spiro atoms. The standard InChI is InChI=1S/C18H20FN5/c19-16-4-2-14(3-5-16)17-15(11-21-23-17)10-20-12-18(6-7-18)13-24-9-1-8-22-24/h1-5,8-9,11,20H,6-7,10,12-13H2,(H,21,23). The van der Waals surface area contributed by atoms with Crippen LogP contribution in [0.5, 0.6) is 0 Å². The Hall–Kier alpha value is -2.47. The maximum absolute atomic E-state index is 13.1. The first-order chi connectivity index (χ1) is 11.7. The highest BCUT2D eigenvalue weighted by atomic mass is 19.1. The van der Waals surface area contributed by atoms with Gasteiger partial charge in [-0.25, -0.2) is 4.39 Å². The fraction of sp³-hybridized carbons (Fsp3) is 0.333. The second-order valence-electron chi connectivity index (χ2n) is 6.58. The van der Waals surface area contributed by atoms with Crippen molar-refractivity contribution >= 4 is 0 Å². The van der Waals surface area contributed by atoms with Crippen LogP contribution in [0.2, 0.25) is 0 Å². The number of nitrogens with zero attached hydrogens (tertiary/aromatic N) is 3. The summed E-state index contributed by atoms with van der Waals surface area (Å²) in [4.78, 5) is 0. The Morgan fingerprint density at radius 2 is 2.08 bits per heavy atom.